The summed E-state index contributed by atoms with van der Waals surface area (Å²) in [5, 5.41) is 2.36. The Morgan fingerprint density at radius 1 is 0.291 bits per heavy atom. The fraction of sp³-hybridized carbons (Fsp3) is 0. The third-order valence-corrected chi connectivity index (χ3v) is 11.1. The normalized spacial score (nSPS) is 11.3. The van der Waals surface area contributed by atoms with E-state index in [0.717, 1.165) is 65.6 Å². The first-order chi connectivity index (χ1) is 27.2. The van der Waals surface area contributed by atoms with Crippen LogP contribution < -0.4 is 0 Å². The molecule has 10 aromatic rings. The average Bonchev–Trinajstić information content (AvgIpc) is 3.66. The Kier molecular flexibility index (Phi) is 8.32. The Labute approximate surface area is 323 Å². The van der Waals surface area contributed by atoms with E-state index in [2.05, 4.69) is 146 Å². The van der Waals surface area contributed by atoms with Crippen molar-refractivity contribution in [2.24, 2.45) is 0 Å². The molecule has 7 aromatic carbocycles. The third-order valence-electron chi connectivity index (χ3n) is 9.95. The summed E-state index contributed by atoms with van der Waals surface area (Å²) in [5.74, 6) is 1.40. The van der Waals surface area contributed by atoms with Crippen LogP contribution in [0.15, 0.2) is 194 Å². The standard InChI is InChI=1S/C50H32N4S/c1-5-14-33(15-6-1)34-24-26-38(27-25-34)46-32-45(37-20-11-4-12-21-37)53-50(54-46)42-23-13-22-41-40-29-28-39(30-47(40)55-48(41)42)49-51-43(35-16-7-2-8-17-35)31-44(52-49)36-18-9-3-10-19-36/h1-32H. The van der Waals surface area contributed by atoms with Gasteiger partial charge in [-0.25, -0.2) is 19.9 Å². The summed E-state index contributed by atoms with van der Waals surface area (Å²) in [6.45, 7) is 0. The second-order valence-corrected chi connectivity index (χ2v) is 14.5. The highest BCUT2D eigenvalue weighted by atomic mass is 32.1. The second-order valence-electron chi connectivity index (χ2n) is 13.5. The van der Waals surface area contributed by atoms with Gasteiger partial charge in [0.2, 0.25) is 0 Å². The Morgan fingerprint density at radius 2 is 0.709 bits per heavy atom. The smallest absolute Gasteiger partial charge is 0.161 e. The third kappa shape index (κ3) is 6.37. The Bertz CT molecular complexity index is 2890. The van der Waals surface area contributed by atoms with Gasteiger partial charge in [0.25, 0.3) is 0 Å². The van der Waals surface area contributed by atoms with Crippen LogP contribution in [-0.4, -0.2) is 19.9 Å². The molecule has 0 atom stereocenters. The molecule has 0 aliphatic rings. The van der Waals surface area contributed by atoms with Crippen LogP contribution in [0.25, 0.3) is 99.1 Å². The van der Waals surface area contributed by atoms with E-state index in [9.17, 15) is 0 Å². The monoisotopic (exact) mass is 720 g/mol. The number of hydrogen-bond donors (Lipinski definition) is 0. The van der Waals surface area contributed by atoms with E-state index in [1.54, 1.807) is 11.3 Å². The summed E-state index contributed by atoms with van der Waals surface area (Å²) < 4.78 is 2.31. The first kappa shape index (κ1) is 32.6. The van der Waals surface area contributed by atoms with Crippen molar-refractivity contribution >= 4 is 31.5 Å². The zero-order chi connectivity index (χ0) is 36.6. The van der Waals surface area contributed by atoms with E-state index in [-0.39, 0.29) is 0 Å². The highest BCUT2D eigenvalue weighted by molar-refractivity contribution is 7.26. The van der Waals surface area contributed by atoms with Gasteiger partial charge in [-0.1, -0.05) is 170 Å². The number of benzene rings is 7. The van der Waals surface area contributed by atoms with Gasteiger partial charge in [-0.15, -0.1) is 11.3 Å². The van der Waals surface area contributed by atoms with Crippen molar-refractivity contribution in [1.82, 2.24) is 19.9 Å². The minimum absolute atomic E-state index is 0.696. The lowest BCUT2D eigenvalue weighted by Crippen LogP contribution is -1.96. The van der Waals surface area contributed by atoms with E-state index in [0.29, 0.717) is 11.6 Å². The molecule has 10 rings (SSSR count). The van der Waals surface area contributed by atoms with Crippen LogP contribution in [0.5, 0.6) is 0 Å². The summed E-state index contributed by atoms with van der Waals surface area (Å²) in [7, 11) is 0. The molecule has 0 radical (unpaired) electrons. The maximum absolute atomic E-state index is 5.24. The van der Waals surface area contributed by atoms with Crippen LogP contribution in [0.2, 0.25) is 0 Å². The maximum atomic E-state index is 5.24. The molecule has 0 amide bonds. The molecule has 0 saturated carbocycles. The van der Waals surface area contributed by atoms with Gasteiger partial charge in [-0.3, -0.25) is 0 Å². The molecule has 0 N–H and O–H groups in total. The van der Waals surface area contributed by atoms with Crippen molar-refractivity contribution in [2.45, 2.75) is 0 Å². The van der Waals surface area contributed by atoms with Crippen LogP contribution in [-0.2, 0) is 0 Å². The zero-order valence-electron chi connectivity index (χ0n) is 29.7. The molecule has 0 saturated heterocycles. The number of aromatic nitrogens is 4. The van der Waals surface area contributed by atoms with Crippen molar-refractivity contribution in [1.29, 1.82) is 0 Å². The molecule has 5 heteroatoms. The molecule has 0 bridgehead atoms. The van der Waals surface area contributed by atoms with E-state index < -0.39 is 0 Å². The number of fused-ring (bicyclic) bond motifs is 3. The van der Waals surface area contributed by atoms with Crippen LogP contribution in [0.1, 0.15) is 0 Å². The fourth-order valence-corrected chi connectivity index (χ4v) is 8.39. The molecule has 3 heterocycles. The summed E-state index contributed by atoms with van der Waals surface area (Å²) in [6, 6.07) is 67.3. The van der Waals surface area contributed by atoms with E-state index >= 15 is 0 Å². The average molecular weight is 721 g/mol. The highest BCUT2D eigenvalue weighted by Crippen LogP contribution is 2.41. The largest absolute Gasteiger partial charge is 0.228 e. The molecule has 4 nitrogen and oxygen atoms in total. The van der Waals surface area contributed by atoms with Gasteiger partial charge in [0, 0.05) is 53.6 Å². The summed E-state index contributed by atoms with van der Waals surface area (Å²) >= 11 is 1.76. The lowest BCUT2D eigenvalue weighted by atomic mass is 10.0. The van der Waals surface area contributed by atoms with Crippen molar-refractivity contribution in [3.63, 3.8) is 0 Å². The number of nitrogens with zero attached hydrogens (tertiary/aromatic N) is 4. The quantitative estimate of drug-likeness (QED) is 0.164. The predicted molar refractivity (Wildman–Crippen MR) is 229 cm³/mol. The molecule has 0 unspecified atom stereocenters. The Balaban J connectivity index is 1.10. The molecule has 3 aromatic heterocycles. The fourth-order valence-electron chi connectivity index (χ4n) is 7.14. The van der Waals surface area contributed by atoms with Gasteiger partial charge in [0.1, 0.15) is 0 Å². The topological polar surface area (TPSA) is 51.6 Å². The zero-order valence-corrected chi connectivity index (χ0v) is 30.5. The predicted octanol–water partition coefficient (Wildman–Crippen LogP) is 13.3. The van der Waals surface area contributed by atoms with Gasteiger partial charge < -0.3 is 0 Å². The Hall–Kier alpha value is -7.08. The van der Waals surface area contributed by atoms with E-state index in [1.807, 2.05) is 48.5 Å². The second kappa shape index (κ2) is 14.0. The van der Waals surface area contributed by atoms with Crippen molar-refractivity contribution < 1.29 is 0 Å². The van der Waals surface area contributed by atoms with Crippen molar-refractivity contribution in [3.05, 3.63) is 194 Å². The van der Waals surface area contributed by atoms with E-state index in [4.69, 9.17) is 19.9 Å². The highest BCUT2D eigenvalue weighted by Gasteiger charge is 2.17. The Morgan fingerprint density at radius 3 is 1.24 bits per heavy atom. The van der Waals surface area contributed by atoms with Crippen molar-refractivity contribution in [3.8, 4) is 78.9 Å². The van der Waals surface area contributed by atoms with Crippen LogP contribution >= 0.6 is 11.3 Å². The van der Waals surface area contributed by atoms with Gasteiger partial charge in [0.05, 0.1) is 22.8 Å². The SMILES string of the molecule is c1ccc(-c2ccc(-c3cc(-c4ccccc4)nc(-c4cccc5c4sc4cc(-c6nc(-c7ccccc7)cc(-c7ccccc7)n6)ccc45)n3)cc2)cc1. The molecule has 258 valence electrons. The first-order valence-corrected chi connectivity index (χ1v) is 19.1. The van der Waals surface area contributed by atoms with Crippen LogP contribution in [0.3, 0.4) is 0 Å². The van der Waals surface area contributed by atoms with Crippen molar-refractivity contribution in [2.75, 3.05) is 0 Å². The van der Waals surface area contributed by atoms with E-state index in [1.165, 1.54) is 21.9 Å². The first-order valence-electron chi connectivity index (χ1n) is 18.3. The minimum Gasteiger partial charge on any atom is -0.228 e. The van der Waals surface area contributed by atoms with Gasteiger partial charge in [-0.05, 0) is 35.4 Å². The van der Waals surface area contributed by atoms with Crippen LogP contribution in [0, 0.1) is 0 Å². The number of hydrogen-bond acceptors (Lipinski definition) is 5. The minimum atomic E-state index is 0.696. The van der Waals surface area contributed by atoms with Gasteiger partial charge in [-0.2, -0.15) is 0 Å². The number of rotatable bonds is 7. The molecule has 55 heavy (non-hydrogen) atoms. The molecule has 0 spiro atoms. The molecule has 0 aliphatic carbocycles. The number of thiophene rings is 1. The van der Waals surface area contributed by atoms with Gasteiger partial charge >= 0.3 is 0 Å². The lowest BCUT2D eigenvalue weighted by Gasteiger charge is -2.11. The maximum Gasteiger partial charge on any atom is 0.161 e. The van der Waals surface area contributed by atoms with Gasteiger partial charge in [0.15, 0.2) is 11.6 Å². The summed E-state index contributed by atoms with van der Waals surface area (Å²) in [4.78, 5) is 20.6. The molecule has 0 aliphatic heterocycles. The molecular formula is C50H32N4S. The lowest BCUT2D eigenvalue weighted by molar-refractivity contribution is 1.18. The van der Waals surface area contributed by atoms with Crippen LogP contribution in [0.4, 0.5) is 0 Å². The molecule has 0 fully saturated rings. The molecular weight excluding hydrogens is 689 g/mol. The summed E-state index contributed by atoms with van der Waals surface area (Å²) in [6.07, 6.45) is 0. The summed E-state index contributed by atoms with van der Waals surface area (Å²) in [5.41, 5.74) is 12.1.